The minimum atomic E-state index is 0.826. The largest absolute Gasteiger partial charge is 0.456 e. The molecule has 0 saturated heterocycles. The topological polar surface area (TPSA) is 47.6 Å². The number of hydrogen-bond donors (Lipinski definition) is 0. The first-order valence-corrected chi connectivity index (χ1v) is 24.1. The van der Waals surface area contributed by atoms with Gasteiger partial charge in [-0.15, -0.1) is 0 Å². The molecule has 0 unspecified atom stereocenters. The lowest BCUT2D eigenvalue weighted by molar-refractivity contribution is 0.668. The van der Waals surface area contributed by atoms with Crippen LogP contribution in [0.5, 0.6) is 0 Å². The molecule has 0 atom stereocenters. The third-order valence-corrected chi connectivity index (χ3v) is 14.4. The Morgan fingerprint density at radius 3 is 1.25 bits per heavy atom. The van der Waals surface area contributed by atoms with Crippen molar-refractivity contribution in [3.8, 4) is 39.1 Å². The average Bonchev–Trinajstić information content (AvgIpc) is 4.21. The van der Waals surface area contributed by atoms with Crippen LogP contribution in [0.2, 0.25) is 0 Å². The minimum Gasteiger partial charge on any atom is -0.456 e. The van der Waals surface area contributed by atoms with Crippen LogP contribution in [0.4, 0.5) is 17.1 Å². The van der Waals surface area contributed by atoms with Gasteiger partial charge in [-0.3, -0.25) is 0 Å². The van der Waals surface area contributed by atoms with Crippen molar-refractivity contribution in [2.45, 2.75) is 0 Å². The lowest BCUT2D eigenvalue weighted by Crippen LogP contribution is -2.10. The molecule has 4 heterocycles. The van der Waals surface area contributed by atoms with Gasteiger partial charge in [-0.1, -0.05) is 158 Å². The average molecular weight is 909 g/mol. The number of nitrogens with zero attached hydrogens (tertiary/aromatic N) is 2. The first-order chi connectivity index (χ1) is 35.2. The van der Waals surface area contributed by atoms with E-state index in [0.717, 1.165) is 133 Å². The molecule has 0 amide bonds. The van der Waals surface area contributed by atoms with E-state index < -0.39 is 0 Å². The van der Waals surface area contributed by atoms with Gasteiger partial charge in [-0.05, 0) is 107 Å². The molecular formula is C66H40N2O3. The Labute approximate surface area is 407 Å². The Balaban J connectivity index is 0.941. The molecule has 71 heavy (non-hydrogen) atoms. The first kappa shape index (κ1) is 39.4. The molecule has 5 heteroatoms. The normalized spacial score (nSPS) is 11.9. The molecule has 0 saturated carbocycles. The van der Waals surface area contributed by atoms with Gasteiger partial charge in [0.25, 0.3) is 0 Å². The van der Waals surface area contributed by atoms with E-state index in [-0.39, 0.29) is 0 Å². The molecule has 0 aliphatic rings. The van der Waals surface area contributed by atoms with Crippen LogP contribution in [0.25, 0.3) is 127 Å². The number of hydrogen-bond acceptors (Lipinski definition) is 4. The smallest absolute Gasteiger partial charge is 0.145 e. The van der Waals surface area contributed by atoms with Gasteiger partial charge >= 0.3 is 0 Å². The van der Waals surface area contributed by atoms with E-state index in [2.05, 4.69) is 228 Å². The van der Waals surface area contributed by atoms with Gasteiger partial charge in [0.05, 0.1) is 27.8 Å². The molecule has 0 aliphatic carbocycles. The fraction of sp³-hybridized carbons (Fsp3) is 0. The highest BCUT2D eigenvalue weighted by atomic mass is 16.3. The SMILES string of the molecule is c1ccc(-n2c3ccccc3c3ccccc32)c(-c2ccc(N(c3ccc(-c4cccc5oc6ccccc6c45)cc3)c3ccc(-c4cccc5oc6ccccc6c45)cc3)c3c2oc2ccccc23)c1. The van der Waals surface area contributed by atoms with Crippen LogP contribution in [0.1, 0.15) is 0 Å². The van der Waals surface area contributed by atoms with Crippen molar-refractivity contribution in [3.05, 3.63) is 243 Å². The van der Waals surface area contributed by atoms with E-state index in [0.29, 0.717) is 0 Å². The van der Waals surface area contributed by atoms with Crippen molar-refractivity contribution < 1.29 is 13.3 Å². The number of para-hydroxylation sites is 6. The van der Waals surface area contributed by atoms with Gasteiger partial charge in [0.2, 0.25) is 0 Å². The van der Waals surface area contributed by atoms with Gasteiger partial charge in [0.15, 0.2) is 0 Å². The summed E-state index contributed by atoms with van der Waals surface area (Å²) in [6, 6.07) is 86.1. The molecule has 11 aromatic carbocycles. The second-order valence-electron chi connectivity index (χ2n) is 18.3. The highest BCUT2D eigenvalue weighted by molar-refractivity contribution is 6.19. The maximum absolute atomic E-state index is 7.08. The number of rotatable bonds is 7. The van der Waals surface area contributed by atoms with Gasteiger partial charge in [0.1, 0.15) is 33.5 Å². The standard InChI is InChI=1S/C66H40N2O3/c1-7-23-54-47(15-1)48-16-2-8-24-55(48)68(54)56-25-9-3-17-49(56)50-39-40-57(65-53-20-6-12-28-60(53)71-66(50)65)67(43-35-31-41(32-36-43)45-21-13-29-61-63(45)51-18-4-10-26-58(51)69-61)44-37-33-42(34-38-44)46-22-14-30-62-64(46)52-19-5-11-27-59(52)70-62/h1-40H. The Bertz CT molecular complexity index is 4380. The number of fused-ring (bicyclic) bond motifs is 12. The highest BCUT2D eigenvalue weighted by Crippen LogP contribution is 2.49. The zero-order valence-electron chi connectivity index (χ0n) is 38.2. The quantitative estimate of drug-likeness (QED) is 0.160. The summed E-state index contributed by atoms with van der Waals surface area (Å²) >= 11 is 0. The van der Waals surface area contributed by atoms with Gasteiger partial charge in [-0.25, -0.2) is 0 Å². The van der Waals surface area contributed by atoms with Crippen molar-refractivity contribution in [3.63, 3.8) is 0 Å². The molecule has 15 rings (SSSR count). The third kappa shape index (κ3) is 6.00. The maximum atomic E-state index is 7.08. The molecule has 0 spiro atoms. The summed E-state index contributed by atoms with van der Waals surface area (Å²) in [5.41, 5.74) is 18.2. The van der Waals surface area contributed by atoms with Crippen LogP contribution in [0.15, 0.2) is 256 Å². The van der Waals surface area contributed by atoms with Crippen molar-refractivity contribution in [1.82, 2.24) is 4.57 Å². The zero-order valence-corrected chi connectivity index (χ0v) is 38.2. The number of anilines is 3. The second-order valence-corrected chi connectivity index (χ2v) is 18.3. The summed E-state index contributed by atoms with van der Waals surface area (Å²) in [6.45, 7) is 0. The van der Waals surface area contributed by atoms with Crippen LogP contribution in [-0.4, -0.2) is 4.57 Å². The summed E-state index contributed by atoms with van der Waals surface area (Å²) < 4.78 is 22.1. The summed E-state index contributed by atoms with van der Waals surface area (Å²) in [7, 11) is 0. The van der Waals surface area contributed by atoms with E-state index in [1.165, 1.54) is 10.8 Å². The summed E-state index contributed by atoms with van der Waals surface area (Å²) in [5, 5.41) is 8.98. The summed E-state index contributed by atoms with van der Waals surface area (Å²) in [6.07, 6.45) is 0. The van der Waals surface area contributed by atoms with E-state index in [1.54, 1.807) is 0 Å². The molecular weight excluding hydrogens is 869 g/mol. The Morgan fingerprint density at radius 1 is 0.282 bits per heavy atom. The molecule has 0 bridgehead atoms. The van der Waals surface area contributed by atoms with Crippen molar-refractivity contribution in [2.75, 3.05) is 4.90 Å². The van der Waals surface area contributed by atoms with Gasteiger partial charge in [0, 0.05) is 60.2 Å². The van der Waals surface area contributed by atoms with Crippen LogP contribution in [-0.2, 0) is 0 Å². The highest BCUT2D eigenvalue weighted by Gasteiger charge is 2.25. The van der Waals surface area contributed by atoms with E-state index in [4.69, 9.17) is 13.3 Å². The molecule has 332 valence electrons. The van der Waals surface area contributed by atoms with Crippen LogP contribution < -0.4 is 4.90 Å². The zero-order chi connectivity index (χ0) is 46.6. The van der Waals surface area contributed by atoms with Crippen LogP contribution >= 0.6 is 0 Å². The summed E-state index contributed by atoms with van der Waals surface area (Å²) in [4.78, 5) is 2.38. The molecule has 0 N–H and O–H groups in total. The predicted molar refractivity (Wildman–Crippen MR) is 294 cm³/mol. The van der Waals surface area contributed by atoms with Crippen LogP contribution in [0.3, 0.4) is 0 Å². The molecule has 0 aliphatic heterocycles. The fourth-order valence-corrected chi connectivity index (χ4v) is 11.3. The number of furan rings is 3. The maximum Gasteiger partial charge on any atom is 0.145 e. The summed E-state index contributed by atoms with van der Waals surface area (Å²) in [5.74, 6) is 0. The van der Waals surface area contributed by atoms with Crippen LogP contribution in [0, 0.1) is 0 Å². The molecule has 5 nitrogen and oxygen atoms in total. The molecule has 4 aromatic heterocycles. The van der Waals surface area contributed by atoms with E-state index in [1.807, 2.05) is 24.3 Å². The Kier molecular flexibility index (Phi) is 8.59. The third-order valence-electron chi connectivity index (χ3n) is 14.4. The molecule has 0 radical (unpaired) electrons. The lowest BCUT2D eigenvalue weighted by atomic mass is 9.97. The van der Waals surface area contributed by atoms with Gasteiger partial charge < -0.3 is 22.7 Å². The molecule has 15 aromatic rings. The van der Waals surface area contributed by atoms with E-state index >= 15 is 0 Å². The number of aromatic nitrogens is 1. The first-order valence-electron chi connectivity index (χ1n) is 24.1. The van der Waals surface area contributed by atoms with Crippen molar-refractivity contribution in [1.29, 1.82) is 0 Å². The Hall–Kier alpha value is -9.58. The minimum absolute atomic E-state index is 0.826. The second kappa shape index (κ2) is 15.5. The fourth-order valence-electron chi connectivity index (χ4n) is 11.3. The van der Waals surface area contributed by atoms with Crippen molar-refractivity contribution in [2.24, 2.45) is 0 Å². The number of benzene rings is 11. The molecule has 0 fully saturated rings. The monoisotopic (exact) mass is 908 g/mol. The van der Waals surface area contributed by atoms with Gasteiger partial charge in [-0.2, -0.15) is 0 Å². The predicted octanol–water partition coefficient (Wildman–Crippen LogP) is 19.0. The van der Waals surface area contributed by atoms with Crippen molar-refractivity contribution >= 4 is 105 Å². The van der Waals surface area contributed by atoms with E-state index in [9.17, 15) is 0 Å². The lowest BCUT2D eigenvalue weighted by Gasteiger charge is -2.27. The Morgan fingerprint density at radius 2 is 0.704 bits per heavy atom.